The summed E-state index contributed by atoms with van der Waals surface area (Å²) >= 11 is 0. The molecule has 0 radical (unpaired) electrons. The van der Waals surface area contributed by atoms with E-state index < -0.39 is 0 Å². The molecule has 0 aliphatic rings. The van der Waals surface area contributed by atoms with Gasteiger partial charge in [0.2, 0.25) is 0 Å². The number of aliphatic hydroxyl groups excluding tert-OH is 1. The number of nitrogens with one attached hydrogen (secondary N) is 1. The summed E-state index contributed by atoms with van der Waals surface area (Å²) in [5, 5.41) is 11.2. The van der Waals surface area contributed by atoms with Crippen LogP contribution in [0.1, 0.15) is 16.2 Å². The van der Waals surface area contributed by atoms with E-state index in [1.807, 2.05) is 0 Å². The van der Waals surface area contributed by atoms with Crippen LogP contribution in [0, 0.1) is 11.8 Å². The van der Waals surface area contributed by atoms with Crippen molar-refractivity contribution in [3.05, 3.63) is 42.1 Å². The number of hydrogen-bond acceptors (Lipinski definition) is 4. The van der Waals surface area contributed by atoms with Crippen molar-refractivity contribution in [1.29, 1.82) is 0 Å². The van der Waals surface area contributed by atoms with Gasteiger partial charge >= 0.3 is 0 Å². The molecule has 0 fully saturated rings. The second kappa shape index (κ2) is 5.80. The smallest absolute Gasteiger partial charge is 0.276 e. The minimum atomic E-state index is -0.333. The lowest BCUT2D eigenvalue weighted by atomic mass is 10.3. The maximum atomic E-state index is 11.8. The molecule has 0 aromatic carbocycles. The number of pyridine rings is 1. The summed E-state index contributed by atoms with van der Waals surface area (Å²) in [5.74, 6) is 5.22. The second-order valence-corrected chi connectivity index (χ2v) is 3.75. The first-order valence-corrected chi connectivity index (χ1v) is 5.55. The summed E-state index contributed by atoms with van der Waals surface area (Å²) < 4.78 is 1.69. The van der Waals surface area contributed by atoms with Crippen LogP contribution in [-0.4, -0.2) is 32.2 Å². The largest absolute Gasteiger partial charge is 0.384 e. The van der Waals surface area contributed by atoms with Crippen LogP contribution in [0.15, 0.2) is 30.7 Å². The van der Waals surface area contributed by atoms with E-state index in [0.717, 1.165) is 0 Å². The first-order chi connectivity index (χ1) is 9.19. The van der Waals surface area contributed by atoms with E-state index in [2.05, 4.69) is 27.1 Å². The quantitative estimate of drug-likeness (QED) is 0.763. The first kappa shape index (κ1) is 12.8. The average molecular weight is 256 g/mol. The minimum Gasteiger partial charge on any atom is -0.384 e. The monoisotopic (exact) mass is 256 g/mol. The molecule has 0 aliphatic carbocycles. The number of carbonyl (C=O) groups excluding carboxylic acids is 1. The number of imidazole rings is 1. The van der Waals surface area contributed by atoms with Crippen molar-refractivity contribution in [2.45, 2.75) is 0 Å². The number of rotatable bonds is 2. The van der Waals surface area contributed by atoms with Crippen molar-refractivity contribution in [2.24, 2.45) is 7.05 Å². The third kappa shape index (κ3) is 3.40. The SMILES string of the molecule is Cn1cnc(C(=O)Nc2cccc(C#CCO)n2)c1. The number of hydrogen-bond donors (Lipinski definition) is 2. The molecule has 1 amide bonds. The van der Waals surface area contributed by atoms with Gasteiger partial charge in [-0.15, -0.1) is 0 Å². The Morgan fingerprint density at radius 2 is 2.37 bits per heavy atom. The van der Waals surface area contributed by atoms with Gasteiger partial charge in [0, 0.05) is 13.2 Å². The Bertz CT molecular complexity index is 652. The standard InChI is InChI=1S/C13H12N4O2/c1-17-8-11(14-9-17)13(19)16-12-6-2-4-10(15-12)5-3-7-18/h2,4,6,8-9,18H,7H2,1H3,(H,15,16,19). The zero-order valence-electron chi connectivity index (χ0n) is 10.3. The number of carbonyl (C=O) groups is 1. The lowest BCUT2D eigenvalue weighted by Gasteiger charge is -2.02. The Morgan fingerprint density at radius 1 is 1.53 bits per heavy atom. The van der Waals surface area contributed by atoms with Crippen LogP contribution in [0.25, 0.3) is 0 Å². The van der Waals surface area contributed by atoms with E-state index in [1.54, 1.807) is 42.3 Å². The van der Waals surface area contributed by atoms with E-state index >= 15 is 0 Å². The molecule has 0 unspecified atom stereocenters. The normalized spacial score (nSPS) is 9.58. The number of aromatic nitrogens is 3. The van der Waals surface area contributed by atoms with Crippen molar-refractivity contribution >= 4 is 11.7 Å². The van der Waals surface area contributed by atoms with Gasteiger partial charge in [0.25, 0.3) is 5.91 Å². The Balaban J connectivity index is 2.13. The molecule has 6 nitrogen and oxygen atoms in total. The highest BCUT2D eigenvalue weighted by Gasteiger charge is 2.09. The molecule has 6 heteroatoms. The summed E-state index contributed by atoms with van der Waals surface area (Å²) in [6, 6.07) is 5.08. The molecule has 96 valence electrons. The van der Waals surface area contributed by atoms with E-state index in [-0.39, 0.29) is 12.5 Å². The average Bonchev–Trinajstić information content (AvgIpc) is 2.83. The Morgan fingerprint density at radius 3 is 3.05 bits per heavy atom. The van der Waals surface area contributed by atoms with Crippen LogP contribution in [0.3, 0.4) is 0 Å². The first-order valence-electron chi connectivity index (χ1n) is 5.55. The molecule has 0 spiro atoms. The summed E-state index contributed by atoms with van der Waals surface area (Å²) in [6.07, 6.45) is 3.16. The zero-order chi connectivity index (χ0) is 13.7. The van der Waals surface area contributed by atoms with Gasteiger partial charge in [-0.25, -0.2) is 9.97 Å². The van der Waals surface area contributed by atoms with Crippen molar-refractivity contribution in [3.63, 3.8) is 0 Å². The third-order valence-corrected chi connectivity index (χ3v) is 2.22. The molecular weight excluding hydrogens is 244 g/mol. The van der Waals surface area contributed by atoms with Gasteiger partial charge in [0.05, 0.1) is 6.33 Å². The maximum absolute atomic E-state index is 11.8. The summed E-state index contributed by atoms with van der Waals surface area (Å²) in [7, 11) is 1.78. The summed E-state index contributed by atoms with van der Waals surface area (Å²) in [4.78, 5) is 19.9. The van der Waals surface area contributed by atoms with Gasteiger partial charge in [0.1, 0.15) is 23.8 Å². The van der Waals surface area contributed by atoms with Crippen LogP contribution in [0.4, 0.5) is 5.82 Å². The van der Waals surface area contributed by atoms with Crippen LogP contribution >= 0.6 is 0 Å². The number of anilines is 1. The molecule has 2 N–H and O–H groups in total. The van der Waals surface area contributed by atoms with Crippen molar-refractivity contribution < 1.29 is 9.90 Å². The van der Waals surface area contributed by atoms with Gasteiger partial charge in [-0.3, -0.25) is 4.79 Å². The lowest BCUT2D eigenvalue weighted by Crippen LogP contribution is -2.13. The van der Waals surface area contributed by atoms with Gasteiger partial charge in [-0.1, -0.05) is 12.0 Å². The van der Waals surface area contributed by atoms with E-state index in [9.17, 15) is 4.79 Å². The van der Waals surface area contributed by atoms with Crippen LogP contribution in [0.5, 0.6) is 0 Å². The highest BCUT2D eigenvalue weighted by atomic mass is 16.2. The molecular formula is C13H12N4O2. The molecule has 0 saturated carbocycles. The predicted molar refractivity (Wildman–Crippen MR) is 69.4 cm³/mol. The molecule has 19 heavy (non-hydrogen) atoms. The summed E-state index contributed by atoms with van der Waals surface area (Å²) in [5.41, 5.74) is 0.795. The molecule has 2 heterocycles. The number of amides is 1. The van der Waals surface area contributed by atoms with Gasteiger partial charge in [0.15, 0.2) is 0 Å². The lowest BCUT2D eigenvalue weighted by molar-refractivity contribution is 0.102. The highest BCUT2D eigenvalue weighted by molar-refractivity contribution is 6.02. The van der Waals surface area contributed by atoms with Gasteiger partial charge in [-0.2, -0.15) is 0 Å². The number of aryl methyl sites for hydroxylation is 1. The van der Waals surface area contributed by atoms with Crippen molar-refractivity contribution in [2.75, 3.05) is 11.9 Å². The Kier molecular flexibility index (Phi) is 3.90. The van der Waals surface area contributed by atoms with Crippen LogP contribution < -0.4 is 5.32 Å². The van der Waals surface area contributed by atoms with Crippen LogP contribution in [0.2, 0.25) is 0 Å². The topological polar surface area (TPSA) is 80.0 Å². The van der Waals surface area contributed by atoms with E-state index in [1.165, 1.54) is 0 Å². The molecule has 2 aromatic rings. The van der Waals surface area contributed by atoms with E-state index in [0.29, 0.717) is 17.2 Å². The zero-order valence-corrected chi connectivity index (χ0v) is 10.3. The minimum absolute atomic E-state index is 0.230. The molecule has 0 atom stereocenters. The fourth-order valence-electron chi connectivity index (χ4n) is 1.41. The van der Waals surface area contributed by atoms with Gasteiger partial charge < -0.3 is 15.0 Å². The summed E-state index contributed by atoms with van der Waals surface area (Å²) in [6.45, 7) is -0.230. The van der Waals surface area contributed by atoms with Crippen molar-refractivity contribution in [3.8, 4) is 11.8 Å². The van der Waals surface area contributed by atoms with Gasteiger partial charge in [-0.05, 0) is 18.1 Å². The highest BCUT2D eigenvalue weighted by Crippen LogP contribution is 2.06. The van der Waals surface area contributed by atoms with Crippen molar-refractivity contribution in [1.82, 2.24) is 14.5 Å². The molecule has 2 rings (SSSR count). The van der Waals surface area contributed by atoms with E-state index in [4.69, 9.17) is 5.11 Å². The van der Waals surface area contributed by atoms with Crippen LogP contribution in [-0.2, 0) is 7.05 Å². The fourth-order valence-corrected chi connectivity index (χ4v) is 1.41. The predicted octanol–water partition coefficient (Wildman–Crippen LogP) is 0.411. The fraction of sp³-hybridized carbons (Fsp3) is 0.154. The number of aliphatic hydroxyl groups is 1. The second-order valence-electron chi connectivity index (χ2n) is 3.75. The molecule has 2 aromatic heterocycles. The Hall–Kier alpha value is -2.65. The molecule has 0 aliphatic heterocycles. The maximum Gasteiger partial charge on any atom is 0.276 e. The third-order valence-electron chi connectivity index (χ3n) is 2.22. The number of nitrogens with zero attached hydrogens (tertiary/aromatic N) is 3. The molecule has 0 bridgehead atoms. The molecule has 0 saturated heterocycles. The Labute approximate surface area is 110 Å².